The lowest BCUT2D eigenvalue weighted by molar-refractivity contribution is -0.128. The second kappa shape index (κ2) is 7.17. The van der Waals surface area contributed by atoms with Crippen LogP contribution < -0.4 is 0 Å². The summed E-state index contributed by atoms with van der Waals surface area (Å²) in [6.07, 6.45) is 4.88. The van der Waals surface area contributed by atoms with Crippen LogP contribution in [0.1, 0.15) is 48.2 Å². The highest BCUT2D eigenvalue weighted by atomic mass is 32.2. The Morgan fingerprint density at radius 3 is 2.61 bits per heavy atom. The third-order valence-electron chi connectivity index (χ3n) is 4.21. The number of hydrogen-bond donors (Lipinski definition) is 1. The lowest BCUT2D eigenvalue weighted by Crippen LogP contribution is -2.26. The summed E-state index contributed by atoms with van der Waals surface area (Å²) in [6, 6.07) is 9.81. The molecule has 1 aromatic heterocycles. The molecule has 1 N–H and O–H groups in total. The minimum absolute atomic E-state index is 0.0495. The number of H-pyrrole nitrogens is 1. The summed E-state index contributed by atoms with van der Waals surface area (Å²) in [5.41, 5.74) is 0.975. The maximum atomic E-state index is 12.6. The predicted octanol–water partition coefficient (Wildman–Crippen LogP) is 3.38. The van der Waals surface area contributed by atoms with Gasteiger partial charge >= 0.3 is 0 Å². The Morgan fingerprint density at radius 2 is 1.96 bits per heavy atom. The van der Waals surface area contributed by atoms with Crippen molar-refractivity contribution >= 4 is 17.7 Å². The highest BCUT2D eigenvalue weighted by Crippen LogP contribution is 2.37. The van der Waals surface area contributed by atoms with E-state index >= 15 is 0 Å². The molecular formula is C17H22N4OS. The minimum atomic E-state index is -0.321. The molecule has 6 heteroatoms. The molecule has 1 aliphatic carbocycles. The normalized spacial score (nSPS) is 16.4. The third-order valence-corrected chi connectivity index (χ3v) is 5.32. The van der Waals surface area contributed by atoms with Crippen LogP contribution in [0.25, 0.3) is 0 Å². The number of aromatic nitrogens is 3. The summed E-state index contributed by atoms with van der Waals surface area (Å²) >= 11 is 1.41. The molecule has 1 aliphatic rings. The second-order valence-electron chi connectivity index (χ2n) is 6.13. The molecule has 1 unspecified atom stereocenters. The number of carbonyl (C=O) groups excluding carboxylic acids is 1. The summed E-state index contributed by atoms with van der Waals surface area (Å²) in [6.45, 7) is 0. The molecule has 0 saturated heterocycles. The van der Waals surface area contributed by atoms with Crippen molar-refractivity contribution in [3.05, 3.63) is 41.7 Å². The van der Waals surface area contributed by atoms with Crippen molar-refractivity contribution in [1.29, 1.82) is 0 Å². The highest BCUT2D eigenvalue weighted by Gasteiger charge is 2.26. The Bertz CT molecular complexity index is 650. The molecule has 0 bridgehead atoms. The zero-order chi connectivity index (χ0) is 16.2. The van der Waals surface area contributed by atoms with E-state index in [-0.39, 0.29) is 11.2 Å². The first-order valence-electron chi connectivity index (χ1n) is 8.00. The van der Waals surface area contributed by atoms with Gasteiger partial charge in [-0.2, -0.15) is 0 Å². The first-order chi connectivity index (χ1) is 11.1. The topological polar surface area (TPSA) is 61.9 Å². The van der Waals surface area contributed by atoms with Gasteiger partial charge in [0.15, 0.2) is 0 Å². The monoisotopic (exact) mass is 330 g/mol. The maximum absolute atomic E-state index is 12.6. The van der Waals surface area contributed by atoms with Crippen LogP contribution in [0.3, 0.4) is 0 Å². The van der Waals surface area contributed by atoms with Gasteiger partial charge in [0.1, 0.15) is 11.1 Å². The molecule has 0 spiro atoms. The van der Waals surface area contributed by atoms with Gasteiger partial charge in [-0.1, -0.05) is 54.9 Å². The first kappa shape index (κ1) is 16.1. The number of carbonyl (C=O) groups is 1. The Morgan fingerprint density at radius 1 is 1.26 bits per heavy atom. The van der Waals surface area contributed by atoms with Crippen LogP contribution in [0.5, 0.6) is 0 Å². The van der Waals surface area contributed by atoms with Gasteiger partial charge in [-0.15, -0.1) is 5.10 Å². The molecule has 23 heavy (non-hydrogen) atoms. The number of nitrogens with one attached hydrogen (secondary N) is 1. The fraction of sp³-hybridized carbons (Fsp3) is 0.471. The standard InChI is InChI=1S/C17H22N4OS/c1-21(2)16(22)14(12-8-4-3-5-9-12)23-17-18-15(19-20-17)13-10-6-7-11-13/h3-5,8-9,13-14H,6-7,10-11H2,1-2H3,(H,18,19,20). The number of nitrogens with zero attached hydrogens (tertiary/aromatic N) is 3. The van der Waals surface area contributed by atoms with Crippen LogP contribution in [-0.2, 0) is 4.79 Å². The average Bonchev–Trinajstić information content (AvgIpc) is 3.24. The van der Waals surface area contributed by atoms with Crippen molar-refractivity contribution in [3.8, 4) is 0 Å². The Hall–Kier alpha value is -1.82. The van der Waals surface area contributed by atoms with Gasteiger partial charge in [0.05, 0.1) is 0 Å². The Balaban J connectivity index is 1.79. The summed E-state index contributed by atoms with van der Waals surface area (Å²) in [5.74, 6) is 1.51. The number of amides is 1. The van der Waals surface area contributed by atoms with E-state index in [1.165, 1.54) is 37.4 Å². The lowest BCUT2D eigenvalue weighted by Gasteiger charge is -2.19. The largest absolute Gasteiger partial charge is 0.348 e. The van der Waals surface area contributed by atoms with Crippen LogP contribution in [0.2, 0.25) is 0 Å². The molecule has 2 aromatic rings. The van der Waals surface area contributed by atoms with Crippen molar-refractivity contribution in [2.75, 3.05) is 14.1 Å². The van der Waals surface area contributed by atoms with Crippen LogP contribution in [-0.4, -0.2) is 40.1 Å². The quantitative estimate of drug-likeness (QED) is 0.854. The van der Waals surface area contributed by atoms with Gasteiger partial charge in [-0.25, -0.2) is 4.98 Å². The van der Waals surface area contributed by atoms with E-state index in [9.17, 15) is 4.79 Å². The van der Waals surface area contributed by atoms with Crippen LogP contribution in [0.4, 0.5) is 0 Å². The van der Waals surface area contributed by atoms with E-state index in [2.05, 4.69) is 15.2 Å². The molecule has 0 radical (unpaired) electrons. The van der Waals surface area contributed by atoms with E-state index in [0.29, 0.717) is 11.1 Å². The molecule has 1 aromatic carbocycles. The number of likely N-dealkylation sites (N-methyl/N-ethyl adjacent to an activating group) is 1. The predicted molar refractivity (Wildman–Crippen MR) is 91.3 cm³/mol. The fourth-order valence-corrected chi connectivity index (χ4v) is 3.99. The van der Waals surface area contributed by atoms with E-state index in [0.717, 1.165) is 11.4 Å². The summed E-state index contributed by atoms with van der Waals surface area (Å²) in [5, 5.41) is 7.72. The molecule has 1 atom stereocenters. The molecule has 0 aliphatic heterocycles. The zero-order valence-electron chi connectivity index (χ0n) is 13.5. The summed E-state index contributed by atoms with van der Waals surface area (Å²) in [4.78, 5) is 18.8. The Labute approximate surface area is 140 Å². The smallest absolute Gasteiger partial charge is 0.240 e. The molecule has 1 heterocycles. The van der Waals surface area contributed by atoms with E-state index in [1.54, 1.807) is 19.0 Å². The molecule has 1 amide bonds. The van der Waals surface area contributed by atoms with Crippen molar-refractivity contribution in [1.82, 2.24) is 20.1 Å². The van der Waals surface area contributed by atoms with Gasteiger partial charge in [-0.05, 0) is 18.4 Å². The van der Waals surface area contributed by atoms with Gasteiger partial charge in [0.2, 0.25) is 11.1 Å². The van der Waals surface area contributed by atoms with Crippen molar-refractivity contribution in [3.63, 3.8) is 0 Å². The number of benzene rings is 1. The van der Waals surface area contributed by atoms with Gasteiger partial charge in [0, 0.05) is 20.0 Å². The summed E-state index contributed by atoms with van der Waals surface area (Å²) < 4.78 is 0. The lowest BCUT2D eigenvalue weighted by atomic mass is 10.1. The molecule has 122 valence electrons. The molecule has 3 rings (SSSR count). The molecular weight excluding hydrogens is 308 g/mol. The molecule has 1 fully saturated rings. The van der Waals surface area contributed by atoms with Crippen molar-refractivity contribution < 1.29 is 4.79 Å². The van der Waals surface area contributed by atoms with Gasteiger partial charge in [-0.3, -0.25) is 9.89 Å². The highest BCUT2D eigenvalue weighted by molar-refractivity contribution is 8.00. The maximum Gasteiger partial charge on any atom is 0.240 e. The molecule has 1 saturated carbocycles. The fourth-order valence-electron chi connectivity index (χ4n) is 2.92. The molecule has 5 nitrogen and oxygen atoms in total. The van der Waals surface area contributed by atoms with Crippen LogP contribution >= 0.6 is 11.8 Å². The number of aromatic amines is 1. The zero-order valence-corrected chi connectivity index (χ0v) is 14.3. The second-order valence-corrected chi connectivity index (χ2v) is 7.20. The first-order valence-corrected chi connectivity index (χ1v) is 8.88. The number of thioether (sulfide) groups is 1. The van der Waals surface area contributed by atoms with Crippen molar-refractivity contribution in [2.45, 2.75) is 42.0 Å². The summed E-state index contributed by atoms with van der Waals surface area (Å²) in [7, 11) is 3.56. The van der Waals surface area contributed by atoms with E-state index < -0.39 is 0 Å². The average molecular weight is 330 g/mol. The van der Waals surface area contributed by atoms with E-state index in [4.69, 9.17) is 0 Å². The number of rotatable bonds is 5. The SMILES string of the molecule is CN(C)C(=O)C(Sc1n[nH]c(C2CCCC2)n1)c1ccccc1. The van der Waals surface area contributed by atoms with Gasteiger partial charge < -0.3 is 4.90 Å². The van der Waals surface area contributed by atoms with Crippen LogP contribution in [0.15, 0.2) is 35.5 Å². The van der Waals surface area contributed by atoms with Crippen molar-refractivity contribution in [2.24, 2.45) is 0 Å². The van der Waals surface area contributed by atoms with Gasteiger partial charge in [0.25, 0.3) is 0 Å². The van der Waals surface area contributed by atoms with Crippen LogP contribution in [0, 0.1) is 0 Å². The minimum Gasteiger partial charge on any atom is -0.348 e. The third kappa shape index (κ3) is 3.75. The van der Waals surface area contributed by atoms with E-state index in [1.807, 2.05) is 30.3 Å². The Kier molecular flexibility index (Phi) is 5.00. The number of hydrogen-bond acceptors (Lipinski definition) is 4.